The lowest BCUT2D eigenvalue weighted by molar-refractivity contribution is 0.556. The maximum Gasteiger partial charge on any atom is 0.122 e. The van der Waals surface area contributed by atoms with Crippen LogP contribution in [0, 0.1) is 0 Å². The molecule has 0 aliphatic rings. The minimum atomic E-state index is -1.35. The topological polar surface area (TPSA) is 43.1 Å². The Kier molecular flexibility index (Phi) is 10.4. The summed E-state index contributed by atoms with van der Waals surface area (Å²) < 4.78 is 11.1. The van der Waals surface area contributed by atoms with E-state index in [0.29, 0.717) is 4.90 Å². The minimum Gasteiger partial charge on any atom is -0.248 e. The van der Waals surface area contributed by atoms with Crippen molar-refractivity contribution in [3.05, 3.63) is 29.8 Å². The van der Waals surface area contributed by atoms with Gasteiger partial charge >= 0.3 is 0 Å². The molecule has 0 saturated carbocycles. The third-order valence-corrected chi connectivity index (χ3v) is 4.71. The second-order valence-corrected chi connectivity index (χ2v) is 6.94. The first-order valence-electron chi connectivity index (χ1n) is 8.49. The zero-order chi connectivity index (χ0) is 15.3. The number of hydrogen-bond acceptors (Lipinski definition) is 1. The smallest absolute Gasteiger partial charge is 0.122 e. The molecule has 0 spiro atoms. The van der Waals surface area contributed by atoms with Gasteiger partial charge in [0.25, 0.3) is 0 Å². The molecule has 120 valence electrons. The fraction of sp³-hybridized carbons (Fsp3) is 0.667. The van der Waals surface area contributed by atoms with Crippen LogP contribution in [-0.2, 0) is 17.4 Å². The zero-order valence-corrected chi connectivity index (χ0v) is 14.3. The van der Waals surface area contributed by atoms with E-state index in [4.69, 9.17) is 5.14 Å². The molecule has 1 aromatic rings. The number of benzene rings is 1. The summed E-state index contributed by atoms with van der Waals surface area (Å²) in [6, 6.07) is 7.85. The molecule has 1 unspecified atom stereocenters. The van der Waals surface area contributed by atoms with Crippen LogP contribution < -0.4 is 5.14 Å². The summed E-state index contributed by atoms with van der Waals surface area (Å²) in [5.74, 6) is 0. The summed E-state index contributed by atoms with van der Waals surface area (Å²) in [5.41, 5.74) is 1.32. The molecule has 0 saturated heterocycles. The Bertz CT molecular complexity index is 389. The lowest BCUT2D eigenvalue weighted by atomic mass is 10.0. The van der Waals surface area contributed by atoms with Gasteiger partial charge in [-0.15, -0.1) is 0 Å². The predicted octanol–water partition coefficient (Wildman–Crippen LogP) is 5.13. The van der Waals surface area contributed by atoms with E-state index in [0.717, 1.165) is 6.42 Å². The van der Waals surface area contributed by atoms with Gasteiger partial charge in [-0.25, -0.2) is 9.35 Å². The molecule has 0 heterocycles. The maximum absolute atomic E-state index is 11.1. The number of aryl methyl sites for hydroxylation is 1. The molecule has 0 radical (unpaired) electrons. The SMILES string of the molecule is CCCCCCCCCCCCc1ccc(S(N)=O)cc1. The van der Waals surface area contributed by atoms with Gasteiger partial charge in [0.2, 0.25) is 0 Å². The first-order valence-corrected chi connectivity index (χ1v) is 9.70. The monoisotopic (exact) mass is 309 g/mol. The van der Waals surface area contributed by atoms with E-state index in [1.165, 1.54) is 69.8 Å². The minimum absolute atomic E-state index is 0.710. The molecule has 0 fully saturated rings. The average molecular weight is 310 g/mol. The highest BCUT2D eigenvalue weighted by molar-refractivity contribution is 7.82. The van der Waals surface area contributed by atoms with Crippen LogP contribution >= 0.6 is 0 Å². The van der Waals surface area contributed by atoms with Crippen molar-refractivity contribution >= 4 is 11.0 Å². The Morgan fingerprint density at radius 2 is 1.29 bits per heavy atom. The summed E-state index contributed by atoms with van der Waals surface area (Å²) in [5, 5.41) is 5.34. The van der Waals surface area contributed by atoms with Crippen molar-refractivity contribution in [1.29, 1.82) is 0 Å². The average Bonchev–Trinajstić information content (AvgIpc) is 2.49. The van der Waals surface area contributed by atoms with Gasteiger partial charge < -0.3 is 0 Å². The van der Waals surface area contributed by atoms with Gasteiger partial charge in [-0.1, -0.05) is 76.8 Å². The molecule has 0 aliphatic carbocycles. The van der Waals surface area contributed by atoms with Crippen molar-refractivity contribution in [3.8, 4) is 0 Å². The number of unbranched alkanes of at least 4 members (excludes halogenated alkanes) is 9. The molecule has 2 N–H and O–H groups in total. The van der Waals surface area contributed by atoms with Crippen molar-refractivity contribution in [1.82, 2.24) is 0 Å². The fourth-order valence-corrected chi connectivity index (χ4v) is 3.01. The van der Waals surface area contributed by atoms with E-state index in [2.05, 4.69) is 6.92 Å². The molecule has 3 heteroatoms. The molecular weight excluding hydrogens is 278 g/mol. The molecule has 0 amide bonds. The number of rotatable bonds is 12. The van der Waals surface area contributed by atoms with Crippen LogP contribution in [0.4, 0.5) is 0 Å². The van der Waals surface area contributed by atoms with Gasteiger partial charge in [0.1, 0.15) is 11.0 Å². The van der Waals surface area contributed by atoms with Crippen LogP contribution in [0.1, 0.15) is 76.7 Å². The summed E-state index contributed by atoms with van der Waals surface area (Å²) in [6.07, 6.45) is 14.8. The molecule has 0 aliphatic heterocycles. The highest BCUT2D eigenvalue weighted by Gasteiger charge is 1.98. The van der Waals surface area contributed by atoms with Crippen LogP contribution in [-0.4, -0.2) is 4.21 Å². The molecule has 0 bridgehead atoms. The molecule has 2 nitrogen and oxygen atoms in total. The van der Waals surface area contributed by atoms with Gasteiger partial charge in [0.05, 0.1) is 4.90 Å². The first kappa shape index (κ1) is 18.4. The highest BCUT2D eigenvalue weighted by Crippen LogP contribution is 2.13. The second kappa shape index (κ2) is 11.9. The van der Waals surface area contributed by atoms with Crippen molar-refractivity contribution < 1.29 is 4.21 Å². The third-order valence-electron chi connectivity index (χ3n) is 3.97. The Labute approximate surface area is 133 Å². The van der Waals surface area contributed by atoms with E-state index in [9.17, 15) is 4.21 Å². The van der Waals surface area contributed by atoms with Crippen molar-refractivity contribution in [3.63, 3.8) is 0 Å². The predicted molar refractivity (Wildman–Crippen MR) is 92.6 cm³/mol. The molecule has 1 atom stereocenters. The van der Waals surface area contributed by atoms with Crippen LogP contribution in [0.5, 0.6) is 0 Å². The fourth-order valence-electron chi connectivity index (χ4n) is 2.61. The van der Waals surface area contributed by atoms with Gasteiger partial charge in [0, 0.05) is 0 Å². The third kappa shape index (κ3) is 9.05. The van der Waals surface area contributed by atoms with Gasteiger partial charge in [0.15, 0.2) is 0 Å². The van der Waals surface area contributed by atoms with Gasteiger partial charge in [-0.2, -0.15) is 0 Å². The van der Waals surface area contributed by atoms with Crippen molar-refractivity contribution in [2.45, 2.75) is 82.4 Å². The quantitative estimate of drug-likeness (QED) is 0.534. The lowest BCUT2D eigenvalue weighted by Crippen LogP contribution is -2.02. The standard InChI is InChI=1S/C18H31NOS/c1-2-3-4-5-6-7-8-9-10-11-12-17-13-15-18(16-14-17)21(19)20/h13-16H,2-12,19H2,1H3. The zero-order valence-electron chi connectivity index (χ0n) is 13.5. The first-order chi connectivity index (χ1) is 10.2. The molecule has 1 aromatic carbocycles. The Hall–Kier alpha value is -0.670. The van der Waals surface area contributed by atoms with Crippen LogP contribution in [0.2, 0.25) is 0 Å². The Morgan fingerprint density at radius 3 is 1.76 bits per heavy atom. The van der Waals surface area contributed by atoms with Crippen LogP contribution in [0.3, 0.4) is 0 Å². The molecular formula is C18H31NOS. The summed E-state index contributed by atoms with van der Waals surface area (Å²) >= 11 is 0. The second-order valence-electron chi connectivity index (χ2n) is 5.87. The van der Waals surface area contributed by atoms with Gasteiger partial charge in [-0.05, 0) is 30.5 Å². The molecule has 21 heavy (non-hydrogen) atoms. The van der Waals surface area contributed by atoms with E-state index < -0.39 is 11.0 Å². The Morgan fingerprint density at radius 1 is 0.810 bits per heavy atom. The maximum atomic E-state index is 11.1. The largest absolute Gasteiger partial charge is 0.248 e. The van der Waals surface area contributed by atoms with Crippen molar-refractivity contribution in [2.75, 3.05) is 0 Å². The van der Waals surface area contributed by atoms with Gasteiger partial charge in [-0.3, -0.25) is 0 Å². The summed E-state index contributed by atoms with van der Waals surface area (Å²) in [4.78, 5) is 0.710. The van der Waals surface area contributed by atoms with E-state index in [1.54, 1.807) is 0 Å². The lowest BCUT2D eigenvalue weighted by Gasteiger charge is -2.04. The summed E-state index contributed by atoms with van der Waals surface area (Å²) in [7, 11) is -1.35. The number of hydrogen-bond donors (Lipinski definition) is 1. The normalized spacial score (nSPS) is 12.5. The van der Waals surface area contributed by atoms with Crippen LogP contribution in [0.25, 0.3) is 0 Å². The summed E-state index contributed by atoms with van der Waals surface area (Å²) in [6.45, 7) is 2.27. The Balaban J connectivity index is 1.98. The number of nitrogens with two attached hydrogens (primary N) is 1. The highest BCUT2D eigenvalue weighted by atomic mass is 32.2. The molecule has 1 rings (SSSR count). The molecule has 0 aromatic heterocycles. The van der Waals surface area contributed by atoms with E-state index in [-0.39, 0.29) is 0 Å². The van der Waals surface area contributed by atoms with Crippen LogP contribution in [0.15, 0.2) is 29.2 Å². The van der Waals surface area contributed by atoms with Crippen molar-refractivity contribution in [2.24, 2.45) is 5.14 Å². The van der Waals surface area contributed by atoms with E-state index >= 15 is 0 Å². The van der Waals surface area contributed by atoms with E-state index in [1.807, 2.05) is 24.3 Å².